The van der Waals surface area contributed by atoms with Gasteiger partial charge < -0.3 is 15.0 Å². The summed E-state index contributed by atoms with van der Waals surface area (Å²) in [7, 11) is 3.99. The van der Waals surface area contributed by atoms with Crippen molar-refractivity contribution in [3.05, 3.63) is 11.8 Å². The Balaban J connectivity index is 1.94. The van der Waals surface area contributed by atoms with Gasteiger partial charge in [0.25, 0.3) is 0 Å². The zero-order chi connectivity index (χ0) is 13.0. The average molecular weight is 250 g/mol. The molecule has 0 amide bonds. The molecule has 2 rings (SSSR count). The standard InChI is InChI=1S/C13H22N4O/c1-10-7-14-13(16-12(10)17(2)3)15-8-11-5-4-6-18-9-11/h7,11H,4-6,8-9H2,1-3H3,(H,14,15,16). The van der Waals surface area contributed by atoms with Crippen LogP contribution in [0.25, 0.3) is 0 Å². The van der Waals surface area contributed by atoms with Crippen molar-refractivity contribution in [2.75, 3.05) is 44.1 Å². The van der Waals surface area contributed by atoms with Gasteiger partial charge in [0.2, 0.25) is 5.95 Å². The van der Waals surface area contributed by atoms with Gasteiger partial charge in [-0.1, -0.05) is 0 Å². The number of hydrogen-bond acceptors (Lipinski definition) is 5. The fourth-order valence-corrected chi connectivity index (χ4v) is 2.17. The quantitative estimate of drug-likeness (QED) is 0.881. The molecule has 1 fully saturated rings. The summed E-state index contributed by atoms with van der Waals surface area (Å²) >= 11 is 0. The second-order valence-electron chi connectivity index (χ2n) is 5.06. The third kappa shape index (κ3) is 3.32. The first-order chi connectivity index (χ1) is 8.66. The van der Waals surface area contributed by atoms with Crippen molar-refractivity contribution in [3.63, 3.8) is 0 Å². The molecule has 0 bridgehead atoms. The summed E-state index contributed by atoms with van der Waals surface area (Å²) in [5.41, 5.74) is 1.09. The molecule has 100 valence electrons. The van der Waals surface area contributed by atoms with E-state index < -0.39 is 0 Å². The molecular weight excluding hydrogens is 228 g/mol. The first-order valence-corrected chi connectivity index (χ1v) is 6.49. The van der Waals surface area contributed by atoms with Gasteiger partial charge in [0.1, 0.15) is 5.82 Å². The van der Waals surface area contributed by atoms with Crippen LogP contribution in [0.2, 0.25) is 0 Å². The summed E-state index contributed by atoms with van der Waals surface area (Å²) in [6, 6.07) is 0. The van der Waals surface area contributed by atoms with Crippen molar-refractivity contribution in [2.45, 2.75) is 19.8 Å². The van der Waals surface area contributed by atoms with E-state index in [2.05, 4.69) is 15.3 Å². The monoisotopic (exact) mass is 250 g/mol. The lowest BCUT2D eigenvalue weighted by atomic mass is 10.0. The lowest BCUT2D eigenvalue weighted by Gasteiger charge is -2.22. The molecule has 1 saturated heterocycles. The van der Waals surface area contributed by atoms with Crippen molar-refractivity contribution in [1.29, 1.82) is 0 Å². The molecule has 1 aromatic rings. The molecule has 0 aromatic carbocycles. The SMILES string of the molecule is Cc1cnc(NCC2CCCOC2)nc1N(C)C. The van der Waals surface area contributed by atoms with Gasteiger partial charge in [0.05, 0.1) is 6.61 Å². The van der Waals surface area contributed by atoms with Gasteiger partial charge in [0, 0.05) is 39.0 Å². The molecular formula is C13H22N4O. The first-order valence-electron chi connectivity index (χ1n) is 6.49. The highest BCUT2D eigenvalue weighted by atomic mass is 16.5. The van der Waals surface area contributed by atoms with E-state index in [0.29, 0.717) is 11.9 Å². The minimum Gasteiger partial charge on any atom is -0.381 e. The zero-order valence-electron chi connectivity index (χ0n) is 11.4. The summed E-state index contributed by atoms with van der Waals surface area (Å²) in [5.74, 6) is 2.24. The van der Waals surface area contributed by atoms with Crippen molar-refractivity contribution in [1.82, 2.24) is 9.97 Å². The van der Waals surface area contributed by atoms with Crippen LogP contribution >= 0.6 is 0 Å². The third-order valence-electron chi connectivity index (χ3n) is 3.17. The third-order valence-corrected chi connectivity index (χ3v) is 3.17. The van der Waals surface area contributed by atoms with E-state index in [1.807, 2.05) is 32.1 Å². The maximum Gasteiger partial charge on any atom is 0.224 e. The summed E-state index contributed by atoms with van der Waals surface area (Å²) in [6.07, 6.45) is 4.24. The Morgan fingerprint density at radius 2 is 2.33 bits per heavy atom. The molecule has 18 heavy (non-hydrogen) atoms. The van der Waals surface area contributed by atoms with E-state index in [9.17, 15) is 0 Å². The second-order valence-corrected chi connectivity index (χ2v) is 5.06. The van der Waals surface area contributed by atoms with E-state index >= 15 is 0 Å². The molecule has 2 heterocycles. The summed E-state index contributed by atoms with van der Waals surface area (Å²) < 4.78 is 5.46. The number of aryl methyl sites for hydroxylation is 1. The van der Waals surface area contributed by atoms with Crippen LogP contribution in [0.4, 0.5) is 11.8 Å². The number of nitrogens with one attached hydrogen (secondary N) is 1. The Kier molecular flexibility index (Phi) is 4.36. The van der Waals surface area contributed by atoms with Crippen molar-refractivity contribution < 1.29 is 4.74 Å². The molecule has 1 atom stereocenters. The molecule has 0 radical (unpaired) electrons. The Morgan fingerprint density at radius 3 is 3.00 bits per heavy atom. The van der Waals surface area contributed by atoms with Gasteiger partial charge in [-0.2, -0.15) is 4.98 Å². The molecule has 0 spiro atoms. The van der Waals surface area contributed by atoms with Crippen LogP contribution in [0.1, 0.15) is 18.4 Å². The van der Waals surface area contributed by atoms with E-state index in [1.165, 1.54) is 6.42 Å². The fourth-order valence-electron chi connectivity index (χ4n) is 2.17. The second kappa shape index (κ2) is 6.00. The highest BCUT2D eigenvalue weighted by Crippen LogP contribution is 2.17. The van der Waals surface area contributed by atoms with Gasteiger partial charge in [-0.15, -0.1) is 0 Å². The summed E-state index contributed by atoms with van der Waals surface area (Å²) in [4.78, 5) is 10.8. The predicted molar refractivity (Wildman–Crippen MR) is 73.1 cm³/mol. The normalized spacial score (nSPS) is 19.6. The molecule has 1 unspecified atom stereocenters. The number of aromatic nitrogens is 2. The van der Waals surface area contributed by atoms with Gasteiger partial charge >= 0.3 is 0 Å². The Bertz CT molecular complexity index is 389. The molecule has 5 nitrogen and oxygen atoms in total. The van der Waals surface area contributed by atoms with Gasteiger partial charge in [0.15, 0.2) is 0 Å². The van der Waals surface area contributed by atoms with Gasteiger partial charge in [-0.05, 0) is 25.7 Å². The van der Waals surface area contributed by atoms with Crippen LogP contribution < -0.4 is 10.2 Å². The van der Waals surface area contributed by atoms with E-state index in [-0.39, 0.29) is 0 Å². The molecule has 1 aliphatic rings. The van der Waals surface area contributed by atoms with Crippen LogP contribution in [0.5, 0.6) is 0 Å². The van der Waals surface area contributed by atoms with Crippen molar-refractivity contribution in [3.8, 4) is 0 Å². The van der Waals surface area contributed by atoms with Crippen LogP contribution in [-0.2, 0) is 4.74 Å². The number of anilines is 2. The van der Waals surface area contributed by atoms with E-state index in [4.69, 9.17) is 4.74 Å². The first kappa shape index (κ1) is 13.1. The van der Waals surface area contributed by atoms with Gasteiger partial charge in [-0.25, -0.2) is 4.98 Å². The van der Waals surface area contributed by atoms with E-state index in [0.717, 1.165) is 37.6 Å². The highest BCUT2D eigenvalue weighted by molar-refractivity contribution is 5.47. The zero-order valence-corrected chi connectivity index (χ0v) is 11.4. The minimum atomic E-state index is 0.575. The summed E-state index contributed by atoms with van der Waals surface area (Å²) in [5, 5.41) is 3.31. The number of hydrogen-bond donors (Lipinski definition) is 1. The molecule has 1 aliphatic heterocycles. The van der Waals surface area contributed by atoms with Gasteiger partial charge in [-0.3, -0.25) is 0 Å². The Morgan fingerprint density at radius 1 is 1.50 bits per heavy atom. The van der Waals surface area contributed by atoms with Crippen LogP contribution in [0.3, 0.4) is 0 Å². The van der Waals surface area contributed by atoms with Crippen LogP contribution in [0.15, 0.2) is 6.20 Å². The number of nitrogens with zero attached hydrogens (tertiary/aromatic N) is 3. The smallest absolute Gasteiger partial charge is 0.224 e. The maximum absolute atomic E-state index is 5.46. The van der Waals surface area contributed by atoms with E-state index in [1.54, 1.807) is 0 Å². The fraction of sp³-hybridized carbons (Fsp3) is 0.692. The molecule has 1 aromatic heterocycles. The number of rotatable bonds is 4. The average Bonchev–Trinajstić information content (AvgIpc) is 2.38. The van der Waals surface area contributed by atoms with Crippen LogP contribution in [0, 0.1) is 12.8 Å². The Hall–Kier alpha value is -1.36. The maximum atomic E-state index is 5.46. The molecule has 1 N–H and O–H groups in total. The topological polar surface area (TPSA) is 50.3 Å². The summed E-state index contributed by atoms with van der Waals surface area (Å²) in [6.45, 7) is 4.66. The lowest BCUT2D eigenvalue weighted by molar-refractivity contribution is 0.0594. The highest BCUT2D eigenvalue weighted by Gasteiger charge is 2.14. The molecule has 0 saturated carbocycles. The predicted octanol–water partition coefficient (Wildman–Crippen LogP) is 1.69. The molecule has 0 aliphatic carbocycles. The largest absolute Gasteiger partial charge is 0.381 e. The van der Waals surface area contributed by atoms with Crippen molar-refractivity contribution >= 4 is 11.8 Å². The molecule has 5 heteroatoms. The lowest BCUT2D eigenvalue weighted by Crippen LogP contribution is -2.25. The minimum absolute atomic E-state index is 0.575. The number of ether oxygens (including phenoxy) is 1. The Labute approximate surface area is 109 Å². The van der Waals surface area contributed by atoms with Crippen molar-refractivity contribution in [2.24, 2.45) is 5.92 Å². The van der Waals surface area contributed by atoms with Crippen LogP contribution in [-0.4, -0.2) is 43.8 Å².